The molecule has 214 valence electrons. The number of carbonyl (C=O) groups excluding carboxylic acids is 3. The molecule has 15 heteroatoms. The Bertz CT molecular complexity index is 1490. The summed E-state index contributed by atoms with van der Waals surface area (Å²) in [7, 11) is 0. The number of hydrogen-bond donors (Lipinski definition) is 7. The third-order valence-electron chi connectivity index (χ3n) is 6.17. The van der Waals surface area contributed by atoms with Crippen LogP contribution in [0.4, 0.5) is 11.6 Å². The highest BCUT2D eigenvalue weighted by Gasteiger charge is 2.22. The number of allylic oxidation sites excluding steroid dienone is 1. The summed E-state index contributed by atoms with van der Waals surface area (Å²) in [5, 5.41) is 30.3. The molecular weight excluding hydrogens is 534 g/mol. The fourth-order valence-electron chi connectivity index (χ4n) is 3.81. The van der Waals surface area contributed by atoms with Gasteiger partial charge in [-0.2, -0.15) is 9.97 Å². The second-order valence-electron chi connectivity index (χ2n) is 9.15. The summed E-state index contributed by atoms with van der Waals surface area (Å²) in [6.07, 6.45) is 4.75. The van der Waals surface area contributed by atoms with E-state index >= 15 is 0 Å². The molecule has 1 aliphatic rings. The molecule has 2 aromatic heterocycles. The maximum atomic E-state index is 12.6. The lowest BCUT2D eigenvalue weighted by atomic mass is 9.98. The highest BCUT2D eigenvalue weighted by atomic mass is 16.4. The molecule has 3 aromatic rings. The van der Waals surface area contributed by atoms with Crippen molar-refractivity contribution in [1.29, 1.82) is 0 Å². The Morgan fingerprint density at radius 3 is 2.41 bits per heavy atom. The molecule has 0 saturated carbocycles. The Kier molecular flexibility index (Phi) is 9.19. The molecule has 0 saturated heterocycles. The molecule has 1 atom stereocenters. The number of aromatic hydroxyl groups is 1. The molecule has 4 rings (SSSR count). The van der Waals surface area contributed by atoms with Gasteiger partial charge in [0.1, 0.15) is 6.04 Å². The van der Waals surface area contributed by atoms with E-state index in [2.05, 4.69) is 41.2 Å². The molecule has 15 nitrogen and oxygen atoms in total. The van der Waals surface area contributed by atoms with Crippen LogP contribution in [-0.4, -0.2) is 73.0 Å². The van der Waals surface area contributed by atoms with Gasteiger partial charge in [-0.05, 0) is 43.5 Å². The Morgan fingerprint density at radius 2 is 1.73 bits per heavy atom. The second-order valence-corrected chi connectivity index (χ2v) is 9.15. The van der Waals surface area contributed by atoms with Crippen LogP contribution >= 0.6 is 0 Å². The van der Waals surface area contributed by atoms with Crippen molar-refractivity contribution in [2.75, 3.05) is 24.1 Å². The van der Waals surface area contributed by atoms with E-state index in [1.807, 2.05) is 6.08 Å². The highest BCUT2D eigenvalue weighted by Crippen LogP contribution is 2.19. The van der Waals surface area contributed by atoms with E-state index in [1.54, 1.807) is 12.1 Å². The monoisotopic (exact) mass is 563 g/mol. The number of carbonyl (C=O) groups is 4. The summed E-state index contributed by atoms with van der Waals surface area (Å²) in [6, 6.07) is 5.04. The van der Waals surface area contributed by atoms with E-state index in [0.29, 0.717) is 11.4 Å². The maximum Gasteiger partial charge on any atom is 0.326 e. The lowest BCUT2D eigenvalue weighted by Crippen LogP contribution is -2.42. The number of nitrogen functional groups attached to an aromatic ring is 1. The number of nitrogens with two attached hydrogens (primary N) is 1. The molecule has 1 aliphatic carbocycles. The Morgan fingerprint density at radius 1 is 1.00 bits per heavy atom. The Hall–Kier alpha value is -5.34. The standard InChI is InChI=1S/C26H29N9O6/c27-26-34-21-20(24(39)35-26)32-17(13-31-21)12-30-16-6-4-15(5-7-16)23(38)33-18(25(40)41)8-9-19(36)28-10-11-29-22(37)14-2-1-3-14/h2,4-7,13,18,30H,1,3,8-12H2,(H,28,36)(H,29,37)(H,33,38)(H,40,41)(H3,27,31,34,35,39). The molecule has 41 heavy (non-hydrogen) atoms. The van der Waals surface area contributed by atoms with E-state index in [1.165, 1.54) is 18.3 Å². The molecule has 0 aliphatic heterocycles. The van der Waals surface area contributed by atoms with Crippen LogP contribution < -0.4 is 27.0 Å². The van der Waals surface area contributed by atoms with Gasteiger partial charge in [-0.1, -0.05) is 6.08 Å². The maximum absolute atomic E-state index is 12.6. The largest absolute Gasteiger partial charge is 0.492 e. The molecule has 2 heterocycles. The van der Waals surface area contributed by atoms with Gasteiger partial charge >= 0.3 is 5.97 Å². The van der Waals surface area contributed by atoms with Gasteiger partial charge in [-0.15, -0.1) is 0 Å². The minimum Gasteiger partial charge on any atom is -0.492 e. The molecule has 1 unspecified atom stereocenters. The minimum absolute atomic E-state index is 0.105. The molecule has 0 bridgehead atoms. The van der Waals surface area contributed by atoms with Crippen LogP contribution in [0.15, 0.2) is 42.1 Å². The number of fused-ring (bicyclic) bond motifs is 1. The number of carboxylic acid groups (broad SMARTS) is 1. The van der Waals surface area contributed by atoms with Gasteiger partial charge < -0.3 is 37.2 Å². The number of benzene rings is 1. The first-order valence-electron chi connectivity index (χ1n) is 12.8. The zero-order valence-electron chi connectivity index (χ0n) is 21.9. The summed E-state index contributed by atoms with van der Waals surface area (Å²) in [6.45, 7) is 0.712. The lowest BCUT2D eigenvalue weighted by molar-refractivity contribution is -0.139. The van der Waals surface area contributed by atoms with Crippen LogP contribution in [0, 0.1) is 0 Å². The second kappa shape index (κ2) is 13.1. The average Bonchev–Trinajstić information content (AvgIpc) is 2.91. The van der Waals surface area contributed by atoms with Gasteiger partial charge in [0, 0.05) is 36.3 Å². The summed E-state index contributed by atoms with van der Waals surface area (Å²) in [5.74, 6) is -2.89. The number of amides is 3. The average molecular weight is 564 g/mol. The third kappa shape index (κ3) is 7.84. The van der Waals surface area contributed by atoms with Gasteiger partial charge in [0.2, 0.25) is 23.6 Å². The zero-order valence-corrected chi connectivity index (χ0v) is 21.9. The number of anilines is 2. The van der Waals surface area contributed by atoms with E-state index in [9.17, 15) is 29.4 Å². The molecular formula is C26H29N9O6. The van der Waals surface area contributed by atoms with Gasteiger partial charge in [0.05, 0.1) is 18.4 Å². The van der Waals surface area contributed by atoms with Crippen molar-refractivity contribution in [2.24, 2.45) is 0 Å². The van der Waals surface area contributed by atoms with Crippen molar-refractivity contribution in [3.63, 3.8) is 0 Å². The smallest absolute Gasteiger partial charge is 0.326 e. The van der Waals surface area contributed by atoms with Crippen LogP contribution in [-0.2, 0) is 20.9 Å². The molecule has 0 spiro atoms. The van der Waals surface area contributed by atoms with Crippen LogP contribution in [0.1, 0.15) is 41.7 Å². The first-order chi connectivity index (χ1) is 19.7. The predicted molar refractivity (Wildman–Crippen MR) is 146 cm³/mol. The number of aliphatic carboxylic acids is 1. The van der Waals surface area contributed by atoms with Crippen molar-refractivity contribution in [1.82, 2.24) is 35.9 Å². The van der Waals surface area contributed by atoms with Crippen LogP contribution in [0.2, 0.25) is 0 Å². The summed E-state index contributed by atoms with van der Waals surface area (Å²) in [4.78, 5) is 64.1. The van der Waals surface area contributed by atoms with Crippen molar-refractivity contribution in [3.05, 3.63) is 53.4 Å². The van der Waals surface area contributed by atoms with Crippen LogP contribution in [0.5, 0.6) is 5.88 Å². The molecule has 1 aromatic carbocycles. The SMILES string of the molecule is Nc1nc(O)c2nc(CNc3ccc(C(=O)NC(CCC(=O)NCCNC(=O)C4=CCC4)C(=O)O)cc3)cnc2n1. The van der Waals surface area contributed by atoms with Crippen LogP contribution in [0.3, 0.4) is 0 Å². The summed E-state index contributed by atoms with van der Waals surface area (Å²) < 4.78 is 0. The number of nitrogens with zero attached hydrogens (tertiary/aromatic N) is 4. The quantitative estimate of drug-likeness (QED) is 0.138. The molecule has 8 N–H and O–H groups in total. The Balaban J connectivity index is 1.22. The first-order valence-corrected chi connectivity index (χ1v) is 12.8. The number of nitrogens with one attached hydrogen (secondary N) is 4. The Labute approximate surface area is 233 Å². The minimum atomic E-state index is -1.27. The van der Waals surface area contributed by atoms with E-state index in [0.717, 1.165) is 18.4 Å². The van der Waals surface area contributed by atoms with Crippen molar-refractivity contribution in [2.45, 2.75) is 38.3 Å². The first kappa shape index (κ1) is 28.7. The van der Waals surface area contributed by atoms with Gasteiger partial charge in [0.15, 0.2) is 11.2 Å². The van der Waals surface area contributed by atoms with E-state index in [4.69, 9.17) is 5.73 Å². The fraction of sp³-hybridized carbons (Fsp3) is 0.308. The van der Waals surface area contributed by atoms with Gasteiger partial charge in [-0.3, -0.25) is 14.4 Å². The van der Waals surface area contributed by atoms with Gasteiger partial charge in [-0.25, -0.2) is 14.8 Å². The van der Waals surface area contributed by atoms with Crippen molar-refractivity contribution >= 4 is 46.5 Å². The number of hydrogen-bond acceptors (Lipinski definition) is 11. The number of aromatic nitrogens is 4. The van der Waals surface area contributed by atoms with Crippen molar-refractivity contribution in [3.8, 4) is 5.88 Å². The molecule has 0 radical (unpaired) electrons. The van der Waals surface area contributed by atoms with Crippen molar-refractivity contribution < 1.29 is 29.4 Å². The highest BCUT2D eigenvalue weighted by molar-refractivity contribution is 5.97. The summed E-state index contributed by atoms with van der Waals surface area (Å²) >= 11 is 0. The third-order valence-corrected chi connectivity index (χ3v) is 6.17. The zero-order chi connectivity index (χ0) is 29.4. The van der Waals surface area contributed by atoms with E-state index < -0.39 is 17.9 Å². The van der Waals surface area contributed by atoms with E-state index in [-0.39, 0.29) is 72.8 Å². The lowest BCUT2D eigenvalue weighted by Gasteiger charge is -2.15. The number of rotatable bonds is 13. The van der Waals surface area contributed by atoms with Crippen LogP contribution in [0.25, 0.3) is 11.2 Å². The number of carboxylic acids is 1. The molecule has 0 fully saturated rings. The van der Waals surface area contributed by atoms with Gasteiger partial charge in [0.25, 0.3) is 5.91 Å². The normalized spacial score (nSPS) is 12.9. The predicted octanol–water partition coefficient (Wildman–Crippen LogP) is 0.236. The summed E-state index contributed by atoms with van der Waals surface area (Å²) in [5.41, 5.74) is 7.88. The fourth-order valence-corrected chi connectivity index (χ4v) is 3.81. The molecule has 3 amide bonds. The topological polar surface area (TPSA) is 234 Å².